The first-order valence-corrected chi connectivity index (χ1v) is 8.54. The molecule has 3 rings (SSSR count). The van der Waals surface area contributed by atoms with E-state index in [9.17, 15) is 19.2 Å². The minimum Gasteiger partial charge on any atom is -0.491 e. The molecule has 2 heterocycles. The number of carbonyl (C=O) groups is 4. The van der Waals surface area contributed by atoms with Crippen LogP contribution in [0.4, 0.5) is 0 Å². The largest absolute Gasteiger partial charge is 0.491 e. The van der Waals surface area contributed by atoms with Gasteiger partial charge in [-0.05, 0) is 24.6 Å². The van der Waals surface area contributed by atoms with Crippen molar-refractivity contribution in [1.29, 1.82) is 0 Å². The molecule has 1 aromatic rings. The first-order chi connectivity index (χ1) is 12.5. The van der Waals surface area contributed by atoms with E-state index in [1.807, 2.05) is 6.92 Å². The zero-order valence-corrected chi connectivity index (χ0v) is 14.4. The third kappa shape index (κ3) is 3.45. The molecule has 0 saturated carbocycles. The van der Waals surface area contributed by atoms with Crippen LogP contribution in [0.25, 0.3) is 0 Å². The number of piperidine rings is 1. The second-order valence-electron chi connectivity index (χ2n) is 6.11. The molecule has 8 heteroatoms. The number of hydrogen-bond acceptors (Lipinski definition) is 6. The Balaban J connectivity index is 1.71. The quantitative estimate of drug-likeness (QED) is 0.433. The van der Waals surface area contributed by atoms with Crippen LogP contribution in [-0.2, 0) is 14.3 Å². The second-order valence-corrected chi connectivity index (χ2v) is 6.11. The van der Waals surface area contributed by atoms with Gasteiger partial charge >= 0.3 is 0 Å². The number of hydrogen-bond donors (Lipinski definition) is 1. The SMILES string of the molecule is CCCOCCOc1ccc2c(c1)C(=O)N(C1CNC(=O)CC1=O)C2=O. The van der Waals surface area contributed by atoms with Crippen molar-refractivity contribution in [2.45, 2.75) is 25.8 Å². The molecule has 26 heavy (non-hydrogen) atoms. The van der Waals surface area contributed by atoms with Gasteiger partial charge in [0.2, 0.25) is 5.91 Å². The molecule has 0 radical (unpaired) electrons. The summed E-state index contributed by atoms with van der Waals surface area (Å²) in [5.41, 5.74) is 0.431. The van der Waals surface area contributed by atoms with Crippen LogP contribution >= 0.6 is 0 Å². The van der Waals surface area contributed by atoms with Gasteiger partial charge in [0.25, 0.3) is 11.8 Å². The number of nitrogens with one attached hydrogen (secondary N) is 1. The average molecular weight is 360 g/mol. The highest BCUT2D eigenvalue weighted by atomic mass is 16.5. The smallest absolute Gasteiger partial charge is 0.262 e. The Hall–Kier alpha value is -2.74. The molecule has 2 aliphatic rings. The summed E-state index contributed by atoms with van der Waals surface area (Å²) >= 11 is 0. The second kappa shape index (κ2) is 7.65. The predicted octanol–water partition coefficient (Wildman–Crippen LogP) is 0.546. The maximum absolute atomic E-state index is 12.7. The van der Waals surface area contributed by atoms with Gasteiger partial charge in [-0.3, -0.25) is 24.1 Å². The summed E-state index contributed by atoms with van der Waals surface area (Å²) in [4.78, 5) is 49.5. The first kappa shape index (κ1) is 18.1. The molecule has 3 amide bonds. The van der Waals surface area contributed by atoms with Gasteiger partial charge in [-0.15, -0.1) is 0 Å². The maximum Gasteiger partial charge on any atom is 0.262 e. The molecular weight excluding hydrogens is 340 g/mol. The molecule has 0 spiro atoms. The number of fused-ring (bicyclic) bond motifs is 1. The van der Waals surface area contributed by atoms with Gasteiger partial charge in [0, 0.05) is 13.2 Å². The third-order valence-corrected chi connectivity index (χ3v) is 4.25. The summed E-state index contributed by atoms with van der Waals surface area (Å²) in [7, 11) is 0. The molecule has 1 N–H and O–H groups in total. The third-order valence-electron chi connectivity index (χ3n) is 4.25. The maximum atomic E-state index is 12.7. The number of carbonyl (C=O) groups excluding carboxylic acids is 4. The van der Waals surface area contributed by atoms with E-state index in [2.05, 4.69) is 5.32 Å². The molecule has 8 nitrogen and oxygen atoms in total. The normalized spacial score (nSPS) is 19.6. The van der Waals surface area contributed by atoms with Crippen molar-refractivity contribution in [1.82, 2.24) is 10.2 Å². The zero-order chi connectivity index (χ0) is 18.7. The highest BCUT2D eigenvalue weighted by molar-refractivity contribution is 6.23. The first-order valence-electron chi connectivity index (χ1n) is 8.54. The molecule has 1 atom stereocenters. The average Bonchev–Trinajstić information content (AvgIpc) is 2.86. The number of nitrogens with zero attached hydrogens (tertiary/aromatic N) is 1. The van der Waals surface area contributed by atoms with Crippen LogP contribution in [0.3, 0.4) is 0 Å². The lowest BCUT2D eigenvalue weighted by Gasteiger charge is -2.28. The van der Waals surface area contributed by atoms with Gasteiger partial charge < -0.3 is 14.8 Å². The molecule has 2 aliphatic heterocycles. The topological polar surface area (TPSA) is 102 Å². The van der Waals surface area contributed by atoms with E-state index in [4.69, 9.17) is 9.47 Å². The highest BCUT2D eigenvalue weighted by Crippen LogP contribution is 2.29. The Morgan fingerprint density at radius 1 is 1.08 bits per heavy atom. The van der Waals surface area contributed by atoms with Crippen molar-refractivity contribution in [3.63, 3.8) is 0 Å². The summed E-state index contributed by atoms with van der Waals surface area (Å²) in [6, 6.07) is 3.66. The monoisotopic (exact) mass is 360 g/mol. The molecule has 1 saturated heterocycles. The van der Waals surface area contributed by atoms with Crippen molar-refractivity contribution >= 4 is 23.5 Å². The Morgan fingerprint density at radius 2 is 1.85 bits per heavy atom. The minimum absolute atomic E-state index is 0.0543. The van der Waals surface area contributed by atoms with E-state index >= 15 is 0 Å². The number of rotatable bonds is 7. The zero-order valence-electron chi connectivity index (χ0n) is 14.4. The number of imide groups is 1. The van der Waals surface area contributed by atoms with Crippen LogP contribution in [0.15, 0.2) is 18.2 Å². The molecule has 0 bridgehead atoms. The van der Waals surface area contributed by atoms with Gasteiger partial charge in [-0.2, -0.15) is 0 Å². The Bertz CT molecular complexity index is 760. The summed E-state index contributed by atoms with van der Waals surface area (Å²) in [6.07, 6.45) is 0.593. The van der Waals surface area contributed by atoms with Gasteiger partial charge in [-0.25, -0.2) is 0 Å². The number of ketones is 1. The molecule has 1 aromatic carbocycles. The van der Waals surface area contributed by atoms with Crippen LogP contribution in [0.2, 0.25) is 0 Å². The highest BCUT2D eigenvalue weighted by Gasteiger charge is 2.44. The fourth-order valence-electron chi connectivity index (χ4n) is 2.97. The van der Waals surface area contributed by atoms with Crippen molar-refractivity contribution in [2.24, 2.45) is 0 Å². The van der Waals surface area contributed by atoms with Crippen LogP contribution in [0, 0.1) is 0 Å². The molecule has 138 valence electrons. The van der Waals surface area contributed by atoms with Crippen molar-refractivity contribution in [2.75, 3.05) is 26.4 Å². The van der Waals surface area contributed by atoms with Crippen LogP contribution in [-0.4, -0.2) is 60.8 Å². The predicted molar refractivity (Wildman–Crippen MR) is 90.0 cm³/mol. The van der Waals surface area contributed by atoms with Crippen LogP contribution < -0.4 is 10.1 Å². The summed E-state index contributed by atoms with van der Waals surface area (Å²) in [6.45, 7) is 3.37. The van der Waals surface area contributed by atoms with Crippen molar-refractivity contribution < 1.29 is 28.7 Å². The standard InChI is InChI=1S/C18H20N2O6/c1-2-5-25-6-7-26-11-3-4-12-13(8-11)18(24)20(17(12)23)14-10-19-16(22)9-15(14)21/h3-4,8,14H,2,5-7,9-10H2,1H3,(H,19,22). The van der Waals surface area contributed by atoms with Crippen LogP contribution in [0.5, 0.6) is 5.75 Å². The lowest BCUT2D eigenvalue weighted by molar-refractivity contribution is -0.133. The summed E-state index contributed by atoms with van der Waals surface area (Å²) in [5, 5.41) is 2.52. The summed E-state index contributed by atoms with van der Waals surface area (Å²) < 4.78 is 10.9. The fraction of sp³-hybridized carbons (Fsp3) is 0.444. The minimum atomic E-state index is -0.966. The molecule has 0 aliphatic carbocycles. The van der Waals surface area contributed by atoms with Crippen molar-refractivity contribution in [3.05, 3.63) is 29.3 Å². The number of Topliss-reactive ketones (excluding diaryl/α,β-unsaturated/α-hetero) is 1. The van der Waals surface area contributed by atoms with Gasteiger partial charge in [0.05, 0.1) is 24.2 Å². The Labute approximate surface area is 150 Å². The van der Waals surface area contributed by atoms with E-state index in [0.29, 0.717) is 25.6 Å². The number of benzene rings is 1. The van der Waals surface area contributed by atoms with E-state index in [0.717, 1.165) is 11.3 Å². The van der Waals surface area contributed by atoms with E-state index in [1.54, 1.807) is 6.07 Å². The molecule has 1 unspecified atom stereocenters. The fourth-order valence-corrected chi connectivity index (χ4v) is 2.97. The van der Waals surface area contributed by atoms with Gasteiger partial charge in [0.1, 0.15) is 18.4 Å². The van der Waals surface area contributed by atoms with Gasteiger partial charge in [0.15, 0.2) is 5.78 Å². The number of ether oxygens (including phenoxy) is 2. The van der Waals surface area contributed by atoms with Gasteiger partial charge in [-0.1, -0.05) is 6.92 Å². The Kier molecular flexibility index (Phi) is 5.32. The lowest BCUT2D eigenvalue weighted by Crippen LogP contribution is -2.55. The van der Waals surface area contributed by atoms with Crippen molar-refractivity contribution in [3.8, 4) is 5.75 Å². The van der Waals surface area contributed by atoms with Crippen LogP contribution in [0.1, 0.15) is 40.5 Å². The molecule has 0 aromatic heterocycles. The lowest BCUT2D eigenvalue weighted by atomic mass is 10.0. The Morgan fingerprint density at radius 3 is 2.58 bits per heavy atom. The summed E-state index contributed by atoms with van der Waals surface area (Å²) in [5.74, 6) is -1.46. The number of amides is 3. The van der Waals surface area contributed by atoms with E-state index in [-0.39, 0.29) is 24.1 Å². The van der Waals surface area contributed by atoms with E-state index in [1.165, 1.54) is 12.1 Å². The molecular formula is C18H20N2O6. The van der Waals surface area contributed by atoms with E-state index < -0.39 is 29.5 Å². The molecule has 1 fully saturated rings.